The van der Waals surface area contributed by atoms with Gasteiger partial charge in [0.2, 0.25) is 5.91 Å². The highest BCUT2D eigenvalue weighted by atomic mass is 16.5. The van der Waals surface area contributed by atoms with Gasteiger partial charge in [-0.3, -0.25) is 9.59 Å². The second kappa shape index (κ2) is 71.8. The second-order valence-electron chi connectivity index (χ2n) is 26.0. The zero-order valence-electron chi connectivity index (χ0n) is 55.8. The molecule has 2 unspecified atom stereocenters. The number of hydrogen-bond donors (Lipinski definition) is 3. The van der Waals surface area contributed by atoms with E-state index < -0.39 is 12.1 Å². The molecule has 0 radical (unpaired) electrons. The summed E-state index contributed by atoms with van der Waals surface area (Å²) in [5, 5.41) is 23.4. The van der Waals surface area contributed by atoms with E-state index in [-0.39, 0.29) is 18.5 Å². The molecule has 6 nitrogen and oxygen atoms in total. The van der Waals surface area contributed by atoms with Gasteiger partial charge in [0.15, 0.2) is 0 Å². The van der Waals surface area contributed by atoms with Crippen LogP contribution in [-0.4, -0.2) is 47.4 Å². The molecule has 0 heterocycles. The molecule has 0 aromatic rings. The molecule has 0 aliphatic rings. The quantitative estimate of drug-likeness (QED) is 0.0320. The van der Waals surface area contributed by atoms with E-state index in [0.717, 1.165) is 38.5 Å². The first-order valence-electron chi connectivity index (χ1n) is 37.6. The molecule has 0 bridgehead atoms. The minimum Gasteiger partial charge on any atom is -0.466 e. The lowest BCUT2D eigenvalue weighted by molar-refractivity contribution is -0.143. The van der Waals surface area contributed by atoms with Gasteiger partial charge in [-0.15, -0.1) is 0 Å². The average Bonchev–Trinajstić information content (AvgIpc) is 3.48. The largest absolute Gasteiger partial charge is 0.466 e. The van der Waals surface area contributed by atoms with Crippen molar-refractivity contribution >= 4 is 11.9 Å². The van der Waals surface area contributed by atoms with Gasteiger partial charge >= 0.3 is 5.97 Å². The van der Waals surface area contributed by atoms with Crippen LogP contribution in [0.4, 0.5) is 0 Å². The number of nitrogens with one attached hydrogen (secondary N) is 1. The summed E-state index contributed by atoms with van der Waals surface area (Å²) in [5.41, 5.74) is 0. The van der Waals surface area contributed by atoms with Gasteiger partial charge in [-0.05, 0) is 77.0 Å². The molecular weight excluding hydrogens is 1010 g/mol. The number of carbonyl (C=O) groups excluding carboxylic acids is 2. The van der Waals surface area contributed by atoms with Crippen LogP contribution < -0.4 is 5.32 Å². The van der Waals surface area contributed by atoms with Crippen molar-refractivity contribution in [2.24, 2.45) is 0 Å². The van der Waals surface area contributed by atoms with Crippen molar-refractivity contribution in [3.8, 4) is 0 Å². The van der Waals surface area contributed by atoms with E-state index in [1.54, 1.807) is 0 Å². The minimum atomic E-state index is -0.663. The third kappa shape index (κ3) is 67.5. The Morgan fingerprint density at radius 3 is 0.866 bits per heavy atom. The van der Waals surface area contributed by atoms with Crippen LogP contribution >= 0.6 is 0 Å². The number of rotatable bonds is 71. The lowest BCUT2D eigenvalue weighted by Gasteiger charge is -2.22. The van der Waals surface area contributed by atoms with Crippen molar-refractivity contribution in [1.82, 2.24) is 5.32 Å². The van der Waals surface area contributed by atoms with E-state index in [2.05, 4.69) is 43.5 Å². The number of ether oxygens (including phenoxy) is 1. The predicted molar refractivity (Wildman–Crippen MR) is 361 cm³/mol. The van der Waals surface area contributed by atoms with E-state index in [0.29, 0.717) is 25.9 Å². The van der Waals surface area contributed by atoms with Gasteiger partial charge in [0.25, 0.3) is 0 Å². The fraction of sp³-hybridized carbons (Fsp3) is 0.921. The molecule has 3 N–H and O–H groups in total. The van der Waals surface area contributed by atoms with E-state index in [1.165, 1.54) is 353 Å². The summed E-state index contributed by atoms with van der Waals surface area (Å²) in [6.45, 7) is 4.99. The van der Waals surface area contributed by atoms with Gasteiger partial charge in [0, 0.05) is 12.8 Å². The van der Waals surface area contributed by atoms with Gasteiger partial charge in [0.05, 0.1) is 25.4 Å². The monoisotopic (exact) mass is 1150 g/mol. The molecule has 0 aliphatic carbocycles. The first-order valence-corrected chi connectivity index (χ1v) is 37.6. The number of unbranched alkanes of at least 4 members (excludes halogenated alkanes) is 56. The van der Waals surface area contributed by atoms with Gasteiger partial charge in [-0.1, -0.05) is 359 Å². The first-order chi connectivity index (χ1) is 40.5. The zero-order valence-corrected chi connectivity index (χ0v) is 55.8. The fourth-order valence-corrected chi connectivity index (χ4v) is 12.0. The number of carbonyl (C=O) groups is 2. The molecule has 0 aromatic heterocycles. The highest BCUT2D eigenvalue weighted by molar-refractivity contribution is 5.76. The molecule has 0 spiro atoms. The first kappa shape index (κ1) is 80.3. The van der Waals surface area contributed by atoms with Crippen LogP contribution in [-0.2, 0) is 14.3 Å². The van der Waals surface area contributed by atoms with Crippen LogP contribution in [0.25, 0.3) is 0 Å². The molecule has 82 heavy (non-hydrogen) atoms. The van der Waals surface area contributed by atoms with E-state index in [9.17, 15) is 19.8 Å². The van der Waals surface area contributed by atoms with Crippen LogP contribution in [0.2, 0.25) is 0 Å². The number of allylic oxidation sites excluding steroid dienone is 4. The molecule has 0 saturated carbocycles. The zero-order chi connectivity index (χ0) is 59.2. The van der Waals surface area contributed by atoms with E-state index in [4.69, 9.17) is 4.74 Å². The Kier molecular flexibility index (Phi) is 70.4. The van der Waals surface area contributed by atoms with Crippen molar-refractivity contribution in [3.05, 3.63) is 24.3 Å². The predicted octanol–water partition coefficient (Wildman–Crippen LogP) is 24.5. The van der Waals surface area contributed by atoms with Crippen molar-refractivity contribution < 1.29 is 24.5 Å². The molecule has 0 rings (SSSR count). The number of aliphatic hydroxyl groups excluding tert-OH is 2. The van der Waals surface area contributed by atoms with Gasteiger partial charge < -0.3 is 20.3 Å². The SMILES string of the molecule is CCCCCCCC/C=C\CCCCCCCCCCCC(=O)OCCCCCCCCCCCCCC/C=C\CCCCCCCCCCCCCCCCC(=O)NC(CO)C(O)CCCCCCCCCCCCCCCCCC. The Bertz CT molecular complexity index is 1280. The topological polar surface area (TPSA) is 95.9 Å². The minimum absolute atomic E-state index is 0.0176. The molecular formula is C76H147NO5. The normalized spacial score (nSPS) is 12.6. The number of aliphatic hydroxyl groups is 2. The van der Waals surface area contributed by atoms with E-state index in [1.807, 2.05) is 0 Å². The van der Waals surface area contributed by atoms with Crippen LogP contribution in [0.1, 0.15) is 425 Å². The smallest absolute Gasteiger partial charge is 0.305 e. The molecule has 0 fully saturated rings. The summed E-state index contributed by atoms with van der Waals surface area (Å²) in [6.07, 6.45) is 91.0. The van der Waals surface area contributed by atoms with Crippen LogP contribution in [0, 0.1) is 0 Å². The Balaban J connectivity index is 3.34. The van der Waals surface area contributed by atoms with Crippen molar-refractivity contribution in [2.45, 2.75) is 437 Å². The third-order valence-corrected chi connectivity index (χ3v) is 17.7. The summed E-state index contributed by atoms with van der Waals surface area (Å²) in [7, 11) is 0. The molecule has 2 atom stereocenters. The van der Waals surface area contributed by atoms with Gasteiger partial charge in [-0.25, -0.2) is 0 Å². The summed E-state index contributed by atoms with van der Waals surface area (Å²) >= 11 is 0. The van der Waals surface area contributed by atoms with Crippen LogP contribution in [0.5, 0.6) is 0 Å². The molecule has 6 heteroatoms. The summed E-state index contributed by atoms with van der Waals surface area (Å²) in [6, 6.07) is -0.540. The molecule has 486 valence electrons. The Morgan fingerprint density at radius 2 is 0.573 bits per heavy atom. The van der Waals surface area contributed by atoms with Crippen LogP contribution in [0.15, 0.2) is 24.3 Å². The highest BCUT2D eigenvalue weighted by Gasteiger charge is 2.20. The Hall–Kier alpha value is -1.66. The number of amides is 1. The molecule has 0 aromatic carbocycles. The van der Waals surface area contributed by atoms with Crippen LogP contribution in [0.3, 0.4) is 0 Å². The van der Waals surface area contributed by atoms with Gasteiger partial charge in [0.1, 0.15) is 0 Å². The fourth-order valence-electron chi connectivity index (χ4n) is 12.0. The summed E-state index contributed by atoms with van der Waals surface area (Å²) < 4.78 is 5.51. The maximum Gasteiger partial charge on any atom is 0.305 e. The summed E-state index contributed by atoms with van der Waals surface area (Å²) in [5.74, 6) is -0.0123. The van der Waals surface area contributed by atoms with Crippen molar-refractivity contribution in [3.63, 3.8) is 0 Å². The molecule has 1 amide bonds. The molecule has 0 saturated heterocycles. The average molecular weight is 1160 g/mol. The lowest BCUT2D eigenvalue weighted by Crippen LogP contribution is -2.45. The van der Waals surface area contributed by atoms with E-state index >= 15 is 0 Å². The Morgan fingerprint density at radius 1 is 0.329 bits per heavy atom. The summed E-state index contributed by atoms with van der Waals surface area (Å²) in [4.78, 5) is 24.6. The number of hydrogen-bond acceptors (Lipinski definition) is 5. The van der Waals surface area contributed by atoms with Crippen molar-refractivity contribution in [1.29, 1.82) is 0 Å². The molecule has 0 aliphatic heterocycles. The maximum absolute atomic E-state index is 12.5. The maximum atomic E-state index is 12.5. The third-order valence-electron chi connectivity index (χ3n) is 17.7. The van der Waals surface area contributed by atoms with Crippen molar-refractivity contribution in [2.75, 3.05) is 13.2 Å². The highest BCUT2D eigenvalue weighted by Crippen LogP contribution is 2.19. The standard InChI is InChI=1S/C76H147NO5/c1-3-5-7-9-11-13-15-17-19-21-34-38-42-46-50-54-58-62-66-70-76(81)82-71-67-63-59-55-51-47-43-39-36-33-31-29-27-25-23-22-24-26-28-30-32-35-37-41-45-49-53-57-61-65-69-75(80)77-73(72-78)74(79)68-64-60-56-52-48-44-40-20-18-16-14-12-10-8-6-4-2/h17,19,23,25,73-74,78-79H,3-16,18,20-22,24,26-72H2,1-2H3,(H,77,80)/b19-17-,25-23-. The number of esters is 1. The Labute approximate surface area is 513 Å². The lowest BCUT2D eigenvalue weighted by atomic mass is 10.0. The van der Waals surface area contributed by atoms with Gasteiger partial charge in [-0.2, -0.15) is 0 Å². The second-order valence-corrected chi connectivity index (χ2v) is 26.0.